The molecule has 1 saturated carbocycles. The number of aromatic nitrogens is 1. The second-order valence-electron chi connectivity index (χ2n) is 16.2. The fourth-order valence-electron chi connectivity index (χ4n) is 7.91. The van der Waals surface area contributed by atoms with E-state index in [0.717, 1.165) is 64.7 Å². The van der Waals surface area contributed by atoms with Crippen molar-refractivity contribution in [1.82, 2.24) is 10.3 Å². The number of halogens is 1. The number of carbonyl (C=O) groups is 1. The van der Waals surface area contributed by atoms with Gasteiger partial charge in [0.2, 0.25) is 5.91 Å². The van der Waals surface area contributed by atoms with Crippen LogP contribution in [0.1, 0.15) is 44.9 Å². The first-order valence-corrected chi connectivity index (χ1v) is 25.0. The highest BCUT2D eigenvalue weighted by Crippen LogP contribution is 2.36. The van der Waals surface area contributed by atoms with E-state index in [1.165, 1.54) is 0 Å². The number of carbonyl (C=O) groups excluding carboxylic acids is 1. The Morgan fingerprint density at radius 3 is 2.24 bits per heavy atom. The van der Waals surface area contributed by atoms with Gasteiger partial charge in [-0.3, -0.25) is 9.79 Å². The number of nitrogens with two attached hydrogens (primary N) is 8. The summed E-state index contributed by atoms with van der Waals surface area (Å²) in [6.07, 6.45) is -4.76. The van der Waals surface area contributed by atoms with Crippen LogP contribution in [-0.4, -0.2) is 156 Å². The Kier molecular flexibility index (Phi) is 21.2. The number of methoxy groups -OCH3 is 1. The number of amides is 1. The first-order chi connectivity index (χ1) is 32.6. The first kappa shape index (κ1) is 54.0. The van der Waals surface area contributed by atoms with E-state index in [1.807, 2.05) is 36.4 Å². The molecule has 10 atom stereocenters. The number of rotatable bonds is 25. The molecule has 0 spiro atoms. The van der Waals surface area contributed by atoms with Gasteiger partial charge in [0.1, 0.15) is 48.4 Å². The zero-order valence-electron chi connectivity index (χ0n) is 37.9. The van der Waals surface area contributed by atoms with Crippen molar-refractivity contribution in [2.75, 3.05) is 50.2 Å². The largest absolute Gasteiger partial charge is 0.497 e. The Morgan fingerprint density at radius 1 is 0.794 bits per heavy atom. The highest BCUT2D eigenvalue weighted by Gasteiger charge is 2.51. The monoisotopic (exact) mass is 1010 g/mol. The van der Waals surface area contributed by atoms with Crippen LogP contribution in [0.3, 0.4) is 0 Å². The van der Waals surface area contributed by atoms with Crippen LogP contribution in [0.25, 0.3) is 21.8 Å². The van der Waals surface area contributed by atoms with Gasteiger partial charge in [0.25, 0.3) is 0 Å². The van der Waals surface area contributed by atoms with Gasteiger partial charge in [-0.1, -0.05) is 46.0 Å². The van der Waals surface area contributed by atoms with Gasteiger partial charge in [-0.05, 0) is 62.1 Å². The van der Waals surface area contributed by atoms with Crippen LogP contribution in [0.2, 0.25) is 5.02 Å². The van der Waals surface area contributed by atoms with Gasteiger partial charge in [0.05, 0.1) is 42.5 Å². The second-order valence-corrected chi connectivity index (χ2v) is 19.3. The number of ether oxygens (including phenoxy) is 4. The quantitative estimate of drug-likeness (QED) is 0.0167. The van der Waals surface area contributed by atoms with Crippen molar-refractivity contribution >= 4 is 90.4 Å². The third kappa shape index (κ3) is 15.8. The Morgan fingerprint density at radius 2 is 1.51 bits per heavy atom. The third-order valence-corrected chi connectivity index (χ3v) is 13.8. The molecule has 0 unspecified atom stereocenters. The lowest BCUT2D eigenvalue weighted by Gasteiger charge is -2.46. The molecular weight excluding hydrogens is 942 g/mol. The molecule has 1 amide bonds. The van der Waals surface area contributed by atoms with Crippen LogP contribution in [0.4, 0.5) is 5.69 Å². The SMILES string of the molecule is COc1ccc2nc3cc(Cl)ccc3c(NCCCNC(=O)CCSSCCCCCCO[C@@H]3[C@@H](O)[C@H](N=C(N)N)C[C@H](N=C(N)N)[C@H]3O[C@H]3O[C@H](CN=C(N)N)[C@@H](O)[C@H](O)[C@H]3N=C(N)N)c2c1. The zero-order valence-corrected chi connectivity index (χ0v) is 40.3. The van der Waals surface area contributed by atoms with Crippen LogP contribution in [0.15, 0.2) is 56.4 Å². The molecule has 0 radical (unpaired) electrons. The number of guanidine groups is 4. The number of hydrogen-bond donors (Lipinski definition) is 13. The van der Waals surface area contributed by atoms with Crippen molar-refractivity contribution < 1.29 is 39.1 Å². The average Bonchev–Trinajstić information content (AvgIpc) is 3.28. The Labute approximate surface area is 407 Å². The summed E-state index contributed by atoms with van der Waals surface area (Å²) < 4.78 is 24.2. The number of aliphatic imine (C=N–C) groups is 4. The molecule has 376 valence electrons. The molecule has 21 N–H and O–H groups in total. The van der Waals surface area contributed by atoms with Gasteiger partial charge >= 0.3 is 0 Å². The lowest BCUT2D eigenvalue weighted by Crippen LogP contribution is -2.63. The van der Waals surface area contributed by atoms with E-state index >= 15 is 0 Å². The Bertz CT molecular complexity index is 2230. The van der Waals surface area contributed by atoms with E-state index in [-0.39, 0.29) is 43.4 Å². The molecule has 2 aliphatic rings. The number of nitrogens with one attached hydrogen (secondary N) is 2. The average molecular weight is 1010 g/mol. The summed E-state index contributed by atoms with van der Waals surface area (Å²) >= 11 is 6.26. The highest BCUT2D eigenvalue weighted by molar-refractivity contribution is 8.76. The van der Waals surface area contributed by atoms with Crippen LogP contribution in [0.5, 0.6) is 5.75 Å². The molecule has 26 heteroatoms. The number of aliphatic hydroxyl groups excluding tert-OH is 3. The Hall–Kier alpha value is -4.99. The zero-order chi connectivity index (χ0) is 49.3. The van der Waals surface area contributed by atoms with Crippen LogP contribution < -0.4 is 61.2 Å². The maximum Gasteiger partial charge on any atom is 0.220 e. The van der Waals surface area contributed by atoms with E-state index in [4.69, 9.17) is 81.4 Å². The number of benzene rings is 2. The molecule has 2 aromatic carbocycles. The highest BCUT2D eigenvalue weighted by atomic mass is 35.5. The molecular formula is C42H66ClN15O8S2. The molecule has 5 rings (SSSR count). The number of anilines is 1. The van der Waals surface area contributed by atoms with E-state index < -0.39 is 67.0 Å². The van der Waals surface area contributed by atoms with Gasteiger partial charge in [-0.2, -0.15) is 0 Å². The van der Waals surface area contributed by atoms with Gasteiger partial charge < -0.3 is 90.8 Å². The molecule has 1 aliphatic carbocycles. The van der Waals surface area contributed by atoms with Crippen molar-refractivity contribution in [2.24, 2.45) is 65.8 Å². The lowest BCUT2D eigenvalue weighted by atomic mass is 9.83. The predicted molar refractivity (Wildman–Crippen MR) is 270 cm³/mol. The van der Waals surface area contributed by atoms with Crippen molar-refractivity contribution in [3.05, 3.63) is 41.4 Å². The van der Waals surface area contributed by atoms with Crippen molar-refractivity contribution in [1.29, 1.82) is 0 Å². The summed E-state index contributed by atoms with van der Waals surface area (Å²) in [6, 6.07) is 8.31. The number of pyridine rings is 1. The summed E-state index contributed by atoms with van der Waals surface area (Å²) in [5.41, 5.74) is 48.0. The minimum absolute atomic E-state index is 0.00512. The standard InChI is InChI=1S/C42H66ClN15O8S2/c1-63-22-8-10-25-24(18-22)31(23-9-7-21(43)17-26(23)55-25)53-13-6-12-52-30(59)11-16-68-67-15-5-3-2-4-14-64-37-33(60)27(56-40(46)47)19-28(57-41(48)49)36(37)66-38-32(58-42(50)51)35(62)34(61)29(65-38)20-54-39(44)45/h7-10,17-18,27-29,32-38,60-62H,2-6,11-16,19-20H2,1H3,(H,52,59)(H,53,55)(H4,44,45,54)(H4,46,47,56)(H4,48,49,57)(H4,50,51,58)/t27-,28+,29-,32-,33+,34-,35-,36-,37-,38-/m1/s1. The first-order valence-electron chi connectivity index (χ1n) is 22.2. The smallest absolute Gasteiger partial charge is 0.220 e. The van der Waals surface area contributed by atoms with Crippen LogP contribution in [-0.2, 0) is 19.0 Å². The summed E-state index contributed by atoms with van der Waals surface area (Å²) in [5.74, 6) is 1.09. The molecule has 23 nitrogen and oxygen atoms in total. The van der Waals surface area contributed by atoms with E-state index in [2.05, 4.69) is 30.6 Å². The van der Waals surface area contributed by atoms with Gasteiger partial charge in [0, 0.05) is 53.4 Å². The maximum absolute atomic E-state index is 12.6. The summed E-state index contributed by atoms with van der Waals surface area (Å²) in [7, 11) is 5.01. The van der Waals surface area contributed by atoms with E-state index in [1.54, 1.807) is 28.7 Å². The predicted octanol–water partition coefficient (Wildman–Crippen LogP) is -0.519. The van der Waals surface area contributed by atoms with E-state index in [0.29, 0.717) is 36.7 Å². The lowest BCUT2D eigenvalue weighted by molar-refractivity contribution is -0.290. The van der Waals surface area contributed by atoms with Crippen LogP contribution in [0, 0.1) is 0 Å². The molecule has 1 saturated heterocycles. The topological polar surface area (TPSA) is 409 Å². The molecule has 3 aromatic rings. The minimum Gasteiger partial charge on any atom is -0.497 e. The van der Waals surface area contributed by atoms with Gasteiger partial charge in [-0.25, -0.2) is 20.0 Å². The van der Waals surface area contributed by atoms with E-state index in [9.17, 15) is 20.1 Å². The number of nitrogens with zero attached hydrogens (tertiary/aromatic N) is 5. The third-order valence-electron chi connectivity index (χ3n) is 11.1. The number of fused-ring (bicyclic) bond motifs is 2. The number of unbranched alkanes of at least 4 members (excludes halogenated alkanes) is 3. The fraction of sp³-hybridized carbons (Fsp3) is 0.571. The van der Waals surface area contributed by atoms with Crippen molar-refractivity contribution in [2.45, 2.75) is 106 Å². The molecule has 1 aromatic heterocycles. The summed E-state index contributed by atoms with van der Waals surface area (Å²) in [4.78, 5) is 33.9. The number of hydrogen-bond acceptors (Lipinski definition) is 16. The molecule has 2 fully saturated rings. The van der Waals surface area contributed by atoms with Gasteiger partial charge in [0.15, 0.2) is 30.1 Å². The molecule has 68 heavy (non-hydrogen) atoms. The molecule has 2 heterocycles. The summed E-state index contributed by atoms with van der Waals surface area (Å²) in [5, 5.41) is 42.6. The fourth-order valence-corrected chi connectivity index (χ4v) is 10.2. The summed E-state index contributed by atoms with van der Waals surface area (Å²) in [6.45, 7) is 1.15. The normalized spacial score (nSPS) is 24.7. The minimum atomic E-state index is -1.59. The van der Waals surface area contributed by atoms with Crippen molar-refractivity contribution in [3.63, 3.8) is 0 Å². The van der Waals surface area contributed by atoms with Gasteiger partial charge in [-0.15, -0.1) is 0 Å². The number of aliphatic hydroxyl groups is 3. The second kappa shape index (κ2) is 26.7. The molecule has 1 aliphatic heterocycles. The molecule has 0 bridgehead atoms. The van der Waals surface area contributed by atoms with Crippen molar-refractivity contribution in [3.8, 4) is 5.75 Å². The maximum atomic E-state index is 12.6. The van der Waals surface area contributed by atoms with Crippen LogP contribution >= 0.6 is 33.2 Å². The Balaban J connectivity index is 1.04.